The van der Waals surface area contributed by atoms with Crippen molar-refractivity contribution in [2.75, 3.05) is 19.6 Å². The van der Waals surface area contributed by atoms with E-state index in [-0.39, 0.29) is 5.91 Å². The van der Waals surface area contributed by atoms with E-state index in [1.165, 1.54) is 32.2 Å². The molecule has 1 amide bonds. The van der Waals surface area contributed by atoms with E-state index in [0.29, 0.717) is 0 Å². The Morgan fingerprint density at radius 2 is 2.14 bits per heavy atom. The minimum atomic E-state index is 0.0619. The molecule has 1 saturated heterocycles. The van der Waals surface area contributed by atoms with Gasteiger partial charge in [0.05, 0.1) is 0 Å². The van der Waals surface area contributed by atoms with Crippen LogP contribution in [0.25, 0.3) is 0 Å². The maximum atomic E-state index is 12.3. The fourth-order valence-corrected chi connectivity index (χ4v) is 3.38. The maximum absolute atomic E-state index is 12.3. The number of benzene rings is 1. The van der Waals surface area contributed by atoms with Crippen molar-refractivity contribution in [1.82, 2.24) is 10.2 Å². The fraction of sp³-hybridized carbons (Fsp3) is 0.632. The van der Waals surface area contributed by atoms with Gasteiger partial charge in [-0.1, -0.05) is 31.0 Å². The second-order valence-electron chi connectivity index (χ2n) is 6.52. The number of amides is 1. The molecule has 0 spiro atoms. The second-order valence-corrected chi connectivity index (χ2v) is 6.52. The van der Waals surface area contributed by atoms with E-state index in [1.807, 2.05) is 32.0 Å². The normalized spacial score (nSPS) is 19.1. The summed E-state index contributed by atoms with van der Waals surface area (Å²) in [5.41, 5.74) is 2.99. The van der Waals surface area contributed by atoms with Gasteiger partial charge in [0, 0.05) is 24.7 Å². The van der Waals surface area contributed by atoms with Crippen LogP contribution in [0.15, 0.2) is 18.2 Å². The van der Waals surface area contributed by atoms with Crippen LogP contribution in [0.4, 0.5) is 0 Å². The van der Waals surface area contributed by atoms with Crippen molar-refractivity contribution < 1.29 is 4.79 Å². The summed E-state index contributed by atoms with van der Waals surface area (Å²) >= 11 is 0. The third kappa shape index (κ3) is 4.57. The largest absolute Gasteiger partial charge is 0.352 e. The zero-order valence-electron chi connectivity index (χ0n) is 14.3. The van der Waals surface area contributed by atoms with Gasteiger partial charge in [-0.15, -0.1) is 0 Å². The lowest BCUT2D eigenvalue weighted by Gasteiger charge is -2.35. The number of carbonyl (C=O) groups is 1. The van der Waals surface area contributed by atoms with E-state index in [0.717, 1.165) is 42.2 Å². The van der Waals surface area contributed by atoms with Crippen LogP contribution < -0.4 is 5.32 Å². The van der Waals surface area contributed by atoms with Crippen LogP contribution in [0.2, 0.25) is 0 Å². The summed E-state index contributed by atoms with van der Waals surface area (Å²) in [6.45, 7) is 9.39. The van der Waals surface area contributed by atoms with Crippen molar-refractivity contribution >= 4 is 5.91 Å². The van der Waals surface area contributed by atoms with Gasteiger partial charge in [-0.25, -0.2) is 0 Å². The van der Waals surface area contributed by atoms with Gasteiger partial charge in [0.1, 0.15) is 0 Å². The van der Waals surface area contributed by atoms with E-state index >= 15 is 0 Å². The van der Waals surface area contributed by atoms with Crippen LogP contribution in [0.3, 0.4) is 0 Å². The summed E-state index contributed by atoms with van der Waals surface area (Å²) in [5, 5.41) is 3.07. The number of rotatable bonds is 6. The van der Waals surface area contributed by atoms with E-state index < -0.39 is 0 Å². The Labute approximate surface area is 135 Å². The molecule has 1 aliphatic heterocycles. The zero-order chi connectivity index (χ0) is 15.9. The first-order chi connectivity index (χ1) is 10.6. The van der Waals surface area contributed by atoms with E-state index in [9.17, 15) is 4.79 Å². The Kier molecular flexibility index (Phi) is 6.44. The van der Waals surface area contributed by atoms with Crippen molar-refractivity contribution in [2.45, 2.75) is 58.9 Å². The second kappa shape index (κ2) is 8.33. The lowest BCUT2D eigenvalue weighted by Crippen LogP contribution is -2.40. The maximum Gasteiger partial charge on any atom is 0.251 e. The number of likely N-dealkylation sites (tertiary alicyclic amines) is 1. The molecule has 1 aromatic rings. The van der Waals surface area contributed by atoms with Crippen LogP contribution in [-0.4, -0.2) is 36.5 Å². The number of hydrogen-bond donors (Lipinski definition) is 1. The summed E-state index contributed by atoms with van der Waals surface area (Å²) in [6, 6.07) is 6.79. The number of hydrogen-bond acceptors (Lipinski definition) is 2. The molecule has 1 unspecified atom stereocenters. The molecule has 1 aromatic carbocycles. The molecule has 0 aliphatic carbocycles. The molecule has 3 nitrogen and oxygen atoms in total. The highest BCUT2D eigenvalue weighted by Gasteiger charge is 2.19. The lowest BCUT2D eigenvalue weighted by molar-refractivity contribution is 0.0946. The molecule has 1 atom stereocenters. The number of nitrogens with one attached hydrogen (secondary N) is 1. The minimum absolute atomic E-state index is 0.0619. The first-order valence-electron chi connectivity index (χ1n) is 8.71. The smallest absolute Gasteiger partial charge is 0.251 e. The average Bonchev–Trinajstić information content (AvgIpc) is 2.54. The monoisotopic (exact) mass is 302 g/mol. The van der Waals surface area contributed by atoms with Gasteiger partial charge in [0.15, 0.2) is 0 Å². The highest BCUT2D eigenvalue weighted by Crippen LogP contribution is 2.19. The third-order valence-electron chi connectivity index (χ3n) is 4.77. The standard InChI is InChI=1S/C19H30N2O/c1-4-17-8-5-6-12-21(17)13-7-11-20-19(22)18-14-15(2)9-10-16(18)3/h9-10,14,17H,4-8,11-13H2,1-3H3,(H,20,22). The van der Waals surface area contributed by atoms with E-state index in [2.05, 4.69) is 17.1 Å². The van der Waals surface area contributed by atoms with Crippen LogP contribution in [-0.2, 0) is 0 Å². The Morgan fingerprint density at radius 1 is 1.32 bits per heavy atom. The molecule has 122 valence electrons. The zero-order valence-corrected chi connectivity index (χ0v) is 14.3. The summed E-state index contributed by atoms with van der Waals surface area (Å²) in [7, 11) is 0. The number of piperidine rings is 1. The Bertz CT molecular complexity index is 498. The van der Waals surface area contributed by atoms with Crippen molar-refractivity contribution in [3.8, 4) is 0 Å². The molecule has 0 bridgehead atoms. The van der Waals surface area contributed by atoms with Crippen LogP contribution in [0, 0.1) is 13.8 Å². The average molecular weight is 302 g/mol. The first-order valence-corrected chi connectivity index (χ1v) is 8.71. The molecule has 0 aromatic heterocycles. The molecule has 1 aliphatic rings. The molecule has 0 saturated carbocycles. The quantitative estimate of drug-likeness (QED) is 0.813. The molecule has 3 heteroatoms. The van der Waals surface area contributed by atoms with Crippen molar-refractivity contribution in [1.29, 1.82) is 0 Å². The van der Waals surface area contributed by atoms with Crippen molar-refractivity contribution in [3.63, 3.8) is 0 Å². The highest BCUT2D eigenvalue weighted by molar-refractivity contribution is 5.95. The third-order valence-corrected chi connectivity index (χ3v) is 4.77. The number of nitrogens with zero attached hydrogens (tertiary/aromatic N) is 1. The van der Waals surface area contributed by atoms with Crippen LogP contribution >= 0.6 is 0 Å². The summed E-state index contributed by atoms with van der Waals surface area (Å²) in [6.07, 6.45) is 6.32. The molecule has 1 fully saturated rings. The lowest BCUT2D eigenvalue weighted by atomic mass is 10.00. The Balaban J connectivity index is 1.76. The molecular weight excluding hydrogens is 272 g/mol. The van der Waals surface area contributed by atoms with Crippen LogP contribution in [0.5, 0.6) is 0 Å². The molecule has 1 heterocycles. The van der Waals surface area contributed by atoms with Gasteiger partial charge in [0.25, 0.3) is 5.91 Å². The molecule has 1 N–H and O–H groups in total. The van der Waals surface area contributed by atoms with Gasteiger partial charge in [-0.05, 0) is 57.7 Å². The SMILES string of the molecule is CCC1CCCCN1CCCNC(=O)c1cc(C)ccc1C. The van der Waals surface area contributed by atoms with Gasteiger partial charge < -0.3 is 10.2 Å². The van der Waals surface area contributed by atoms with E-state index in [4.69, 9.17) is 0 Å². The summed E-state index contributed by atoms with van der Waals surface area (Å²) in [4.78, 5) is 14.9. The van der Waals surface area contributed by atoms with Gasteiger partial charge in [-0.3, -0.25) is 4.79 Å². The number of aryl methyl sites for hydroxylation is 2. The molecule has 2 rings (SSSR count). The molecule has 22 heavy (non-hydrogen) atoms. The highest BCUT2D eigenvalue weighted by atomic mass is 16.1. The molecular formula is C19H30N2O. The predicted octanol–water partition coefficient (Wildman–Crippen LogP) is 3.69. The summed E-state index contributed by atoms with van der Waals surface area (Å²) < 4.78 is 0. The topological polar surface area (TPSA) is 32.3 Å². The van der Waals surface area contributed by atoms with Crippen molar-refractivity contribution in [2.24, 2.45) is 0 Å². The summed E-state index contributed by atoms with van der Waals surface area (Å²) in [5.74, 6) is 0.0619. The predicted molar refractivity (Wildman–Crippen MR) is 92.4 cm³/mol. The first kappa shape index (κ1) is 17.0. The van der Waals surface area contributed by atoms with Crippen LogP contribution in [0.1, 0.15) is 60.5 Å². The van der Waals surface area contributed by atoms with E-state index in [1.54, 1.807) is 0 Å². The minimum Gasteiger partial charge on any atom is -0.352 e. The van der Waals surface area contributed by atoms with Gasteiger partial charge >= 0.3 is 0 Å². The Morgan fingerprint density at radius 3 is 2.91 bits per heavy atom. The Hall–Kier alpha value is -1.35. The van der Waals surface area contributed by atoms with Gasteiger partial charge in [-0.2, -0.15) is 0 Å². The van der Waals surface area contributed by atoms with Crippen molar-refractivity contribution in [3.05, 3.63) is 34.9 Å². The number of carbonyl (C=O) groups excluding carboxylic acids is 1. The van der Waals surface area contributed by atoms with Gasteiger partial charge in [0.2, 0.25) is 0 Å². The molecule has 0 radical (unpaired) electrons. The fourth-order valence-electron chi connectivity index (χ4n) is 3.38.